The molecule has 0 aliphatic rings. The summed E-state index contributed by atoms with van der Waals surface area (Å²) in [5.74, 6) is 0. The smallest absolute Gasteiger partial charge is 0.338 e. The maximum atomic E-state index is 13.9. The van der Waals surface area contributed by atoms with Gasteiger partial charge in [-0.15, -0.1) is 0 Å². The number of nitrogens with one attached hydrogen (secondary N) is 1. The van der Waals surface area contributed by atoms with Gasteiger partial charge in [0.1, 0.15) is 0 Å². The van der Waals surface area contributed by atoms with Gasteiger partial charge in [-0.3, -0.25) is 9.40 Å². The lowest BCUT2D eigenvalue weighted by atomic mass is 10.00. The molecular formula is C29H38NO5P. The minimum absolute atomic E-state index is 0.314. The van der Waals surface area contributed by atoms with Gasteiger partial charge in [0.15, 0.2) is 0 Å². The van der Waals surface area contributed by atoms with E-state index in [4.69, 9.17) is 18.6 Å². The summed E-state index contributed by atoms with van der Waals surface area (Å²) in [6.07, 6.45) is 1.24. The molecule has 3 aromatic carbocycles. The zero-order valence-corrected chi connectivity index (χ0v) is 22.2. The first-order valence-corrected chi connectivity index (χ1v) is 14.2. The molecule has 3 aromatic rings. The van der Waals surface area contributed by atoms with E-state index in [1.807, 2.05) is 80.6 Å². The molecule has 7 heteroatoms. The van der Waals surface area contributed by atoms with Crippen molar-refractivity contribution in [2.24, 2.45) is 0 Å². The Kier molecular flexibility index (Phi) is 12.3. The Labute approximate surface area is 215 Å². The van der Waals surface area contributed by atoms with Crippen LogP contribution in [0, 0.1) is 0 Å². The van der Waals surface area contributed by atoms with Crippen LogP contribution in [0.2, 0.25) is 0 Å². The second-order valence-corrected chi connectivity index (χ2v) is 10.6. The molecule has 0 aromatic heterocycles. The lowest BCUT2D eigenvalue weighted by molar-refractivity contribution is 0.0270. The molecule has 1 atom stereocenters. The van der Waals surface area contributed by atoms with Crippen LogP contribution >= 0.6 is 7.60 Å². The molecule has 6 nitrogen and oxygen atoms in total. The molecule has 194 valence electrons. The summed E-state index contributed by atoms with van der Waals surface area (Å²) in [7, 11) is -3.41. The summed E-state index contributed by atoms with van der Waals surface area (Å²) in [6.45, 7) is 6.38. The van der Waals surface area contributed by atoms with E-state index in [1.165, 1.54) is 0 Å². The number of hydrogen-bond donors (Lipinski definition) is 1. The highest BCUT2D eigenvalue weighted by molar-refractivity contribution is 7.54. The van der Waals surface area contributed by atoms with E-state index in [1.54, 1.807) is 0 Å². The molecule has 0 amide bonds. The van der Waals surface area contributed by atoms with Crippen molar-refractivity contribution in [1.82, 2.24) is 5.48 Å². The Morgan fingerprint density at radius 2 is 1.36 bits per heavy atom. The van der Waals surface area contributed by atoms with Crippen LogP contribution in [0.4, 0.5) is 0 Å². The van der Waals surface area contributed by atoms with E-state index < -0.39 is 13.3 Å². The Morgan fingerprint density at radius 1 is 0.778 bits per heavy atom. The van der Waals surface area contributed by atoms with E-state index in [9.17, 15) is 4.57 Å². The molecule has 0 heterocycles. The third-order valence-electron chi connectivity index (χ3n) is 5.74. The molecule has 0 saturated carbocycles. The van der Waals surface area contributed by atoms with Crippen molar-refractivity contribution in [3.8, 4) is 0 Å². The van der Waals surface area contributed by atoms with Crippen molar-refractivity contribution in [1.29, 1.82) is 0 Å². The Morgan fingerprint density at radius 3 is 2.00 bits per heavy atom. The fourth-order valence-corrected chi connectivity index (χ4v) is 6.26. The minimum atomic E-state index is -3.41. The van der Waals surface area contributed by atoms with Crippen molar-refractivity contribution in [3.63, 3.8) is 0 Å². The van der Waals surface area contributed by atoms with Crippen LogP contribution in [0.25, 0.3) is 0 Å². The summed E-state index contributed by atoms with van der Waals surface area (Å²) in [5.41, 5.74) is 6.88. The standard InChI is InChI=1S/C29H38NO5P/c1-3-34-36(31,35-4-2)29(19-21-30-33-24-26-15-9-6-10-16-26)28-18-12-11-17-27(28)20-22-32-23-25-13-7-5-8-14-25/h5-18,29-30H,3-4,19-24H2,1-2H3. The fraction of sp³-hybridized carbons (Fsp3) is 0.379. The number of hydroxylamine groups is 1. The van der Waals surface area contributed by atoms with Gasteiger partial charge in [-0.25, -0.2) is 5.48 Å². The number of ether oxygens (including phenoxy) is 1. The summed E-state index contributed by atoms with van der Waals surface area (Å²) in [6, 6.07) is 28.1. The molecule has 0 spiro atoms. The SMILES string of the molecule is CCOP(=O)(OCC)C(CCNOCc1ccccc1)c1ccccc1CCOCc1ccccc1. The highest BCUT2D eigenvalue weighted by Gasteiger charge is 2.37. The quantitative estimate of drug-likeness (QED) is 0.121. The number of hydrogen-bond acceptors (Lipinski definition) is 6. The second-order valence-electron chi connectivity index (χ2n) is 8.34. The van der Waals surface area contributed by atoms with Crippen LogP contribution in [0.15, 0.2) is 84.9 Å². The first-order valence-electron chi connectivity index (χ1n) is 12.6. The van der Waals surface area contributed by atoms with Crippen LogP contribution in [-0.2, 0) is 42.8 Å². The maximum Gasteiger partial charge on any atom is 0.338 e. The van der Waals surface area contributed by atoms with Gasteiger partial charge in [-0.1, -0.05) is 84.9 Å². The van der Waals surface area contributed by atoms with Crippen LogP contribution < -0.4 is 5.48 Å². The third kappa shape index (κ3) is 8.97. The summed E-state index contributed by atoms with van der Waals surface area (Å²) in [4.78, 5) is 5.65. The second kappa shape index (κ2) is 15.7. The zero-order valence-electron chi connectivity index (χ0n) is 21.3. The van der Waals surface area contributed by atoms with Gasteiger partial charge in [0, 0.05) is 6.54 Å². The lowest BCUT2D eigenvalue weighted by Gasteiger charge is -2.28. The van der Waals surface area contributed by atoms with Crippen LogP contribution in [0.1, 0.15) is 48.2 Å². The van der Waals surface area contributed by atoms with Crippen molar-refractivity contribution in [2.45, 2.75) is 45.6 Å². The topological polar surface area (TPSA) is 66.0 Å². The summed E-state index contributed by atoms with van der Waals surface area (Å²) in [5, 5.41) is 0. The van der Waals surface area contributed by atoms with Crippen molar-refractivity contribution in [3.05, 3.63) is 107 Å². The Hall–Kier alpha value is -2.31. The first-order chi connectivity index (χ1) is 17.7. The van der Waals surface area contributed by atoms with E-state index >= 15 is 0 Å². The van der Waals surface area contributed by atoms with E-state index in [-0.39, 0.29) is 0 Å². The van der Waals surface area contributed by atoms with Crippen LogP contribution in [0.5, 0.6) is 0 Å². The van der Waals surface area contributed by atoms with Gasteiger partial charge in [0.25, 0.3) is 0 Å². The highest BCUT2D eigenvalue weighted by Crippen LogP contribution is 2.62. The van der Waals surface area contributed by atoms with Gasteiger partial charge in [0.2, 0.25) is 0 Å². The molecule has 0 fully saturated rings. The highest BCUT2D eigenvalue weighted by atomic mass is 31.2. The predicted molar refractivity (Wildman–Crippen MR) is 144 cm³/mol. The fourth-order valence-electron chi connectivity index (χ4n) is 4.07. The zero-order chi connectivity index (χ0) is 25.5. The first kappa shape index (κ1) is 28.3. The Bertz CT molecular complexity index is 1040. The van der Waals surface area contributed by atoms with Gasteiger partial charge < -0.3 is 13.8 Å². The molecule has 1 N–H and O–H groups in total. The average Bonchev–Trinajstić information content (AvgIpc) is 2.90. The van der Waals surface area contributed by atoms with Gasteiger partial charge in [0.05, 0.1) is 38.7 Å². The molecule has 0 radical (unpaired) electrons. The largest absolute Gasteiger partial charge is 0.376 e. The molecular weight excluding hydrogens is 473 g/mol. The van der Waals surface area contributed by atoms with E-state index in [2.05, 4.69) is 23.7 Å². The third-order valence-corrected chi connectivity index (χ3v) is 8.28. The average molecular weight is 512 g/mol. The minimum Gasteiger partial charge on any atom is -0.376 e. The Balaban J connectivity index is 1.67. The van der Waals surface area contributed by atoms with Crippen molar-refractivity contribution < 1.29 is 23.2 Å². The van der Waals surface area contributed by atoms with E-state index in [0.29, 0.717) is 52.4 Å². The molecule has 0 bridgehead atoms. The summed E-state index contributed by atoms with van der Waals surface area (Å²) < 4.78 is 31.4. The molecule has 0 aliphatic carbocycles. The molecule has 36 heavy (non-hydrogen) atoms. The van der Waals surface area contributed by atoms with E-state index in [0.717, 1.165) is 22.3 Å². The number of rotatable bonds is 17. The molecule has 0 aliphatic heterocycles. The van der Waals surface area contributed by atoms with Crippen molar-refractivity contribution >= 4 is 7.60 Å². The van der Waals surface area contributed by atoms with Gasteiger partial charge in [-0.05, 0) is 48.9 Å². The van der Waals surface area contributed by atoms with Crippen LogP contribution in [0.3, 0.4) is 0 Å². The predicted octanol–water partition coefficient (Wildman–Crippen LogP) is 6.86. The normalized spacial score (nSPS) is 12.5. The van der Waals surface area contributed by atoms with Gasteiger partial charge in [-0.2, -0.15) is 0 Å². The number of benzene rings is 3. The van der Waals surface area contributed by atoms with Crippen LogP contribution in [-0.4, -0.2) is 26.4 Å². The molecule has 0 saturated heterocycles. The van der Waals surface area contributed by atoms with Gasteiger partial charge >= 0.3 is 7.60 Å². The maximum absolute atomic E-state index is 13.9. The lowest BCUT2D eigenvalue weighted by Crippen LogP contribution is -2.20. The summed E-state index contributed by atoms with van der Waals surface area (Å²) >= 11 is 0. The molecule has 3 rings (SSSR count). The monoisotopic (exact) mass is 511 g/mol. The van der Waals surface area contributed by atoms with Crippen molar-refractivity contribution in [2.75, 3.05) is 26.4 Å². The molecule has 1 unspecified atom stereocenters.